The first-order valence-corrected chi connectivity index (χ1v) is 9.30. The van der Waals surface area contributed by atoms with Crippen LogP contribution in [0, 0.1) is 5.92 Å². The third-order valence-corrected chi connectivity index (χ3v) is 4.77. The molecule has 0 bridgehead atoms. The van der Waals surface area contributed by atoms with Crippen molar-refractivity contribution in [2.75, 3.05) is 43.1 Å². The number of anilines is 2. The number of para-hydroxylation sites is 2. The van der Waals surface area contributed by atoms with Gasteiger partial charge in [0, 0.05) is 37.9 Å². The molecule has 6 nitrogen and oxygen atoms in total. The van der Waals surface area contributed by atoms with Crippen LogP contribution in [0.15, 0.2) is 35.1 Å². The molecule has 2 heterocycles. The molecule has 140 valence electrons. The minimum Gasteiger partial charge on any atom is -0.495 e. The van der Waals surface area contributed by atoms with E-state index in [-0.39, 0.29) is 5.56 Å². The van der Waals surface area contributed by atoms with Crippen molar-refractivity contribution in [1.82, 2.24) is 9.97 Å². The SMILES string of the molecule is COc1ccccc1N1CCN(c2nc(CCC(C)C)cc(=O)[nH]2)CC1. The summed E-state index contributed by atoms with van der Waals surface area (Å²) in [5.74, 6) is 2.18. The number of ether oxygens (including phenoxy) is 1. The lowest BCUT2D eigenvalue weighted by Gasteiger charge is -2.36. The van der Waals surface area contributed by atoms with Crippen molar-refractivity contribution >= 4 is 11.6 Å². The third-order valence-electron chi connectivity index (χ3n) is 4.77. The fraction of sp³-hybridized carbons (Fsp3) is 0.500. The van der Waals surface area contributed by atoms with Gasteiger partial charge in [-0.2, -0.15) is 0 Å². The maximum atomic E-state index is 12.0. The molecule has 1 aliphatic heterocycles. The van der Waals surface area contributed by atoms with E-state index in [1.54, 1.807) is 13.2 Å². The summed E-state index contributed by atoms with van der Waals surface area (Å²) in [5, 5.41) is 0. The second kappa shape index (κ2) is 8.25. The van der Waals surface area contributed by atoms with Crippen molar-refractivity contribution in [1.29, 1.82) is 0 Å². The Hall–Kier alpha value is -2.50. The van der Waals surface area contributed by atoms with E-state index < -0.39 is 0 Å². The lowest BCUT2D eigenvalue weighted by Crippen LogP contribution is -2.47. The quantitative estimate of drug-likeness (QED) is 0.862. The summed E-state index contributed by atoms with van der Waals surface area (Å²) in [4.78, 5) is 24.1. The highest BCUT2D eigenvalue weighted by Crippen LogP contribution is 2.28. The van der Waals surface area contributed by atoms with E-state index in [2.05, 4.69) is 39.7 Å². The average molecular weight is 356 g/mol. The molecule has 0 aliphatic carbocycles. The summed E-state index contributed by atoms with van der Waals surface area (Å²) in [5.41, 5.74) is 1.92. The Labute approximate surface area is 154 Å². The van der Waals surface area contributed by atoms with Crippen molar-refractivity contribution in [3.63, 3.8) is 0 Å². The van der Waals surface area contributed by atoms with Gasteiger partial charge in [0.1, 0.15) is 5.75 Å². The smallest absolute Gasteiger partial charge is 0.252 e. The Morgan fingerprint density at radius 1 is 1.15 bits per heavy atom. The number of H-pyrrole nitrogens is 1. The fourth-order valence-electron chi connectivity index (χ4n) is 3.26. The Kier molecular flexibility index (Phi) is 5.81. The first-order valence-electron chi connectivity index (χ1n) is 9.30. The highest BCUT2D eigenvalue weighted by molar-refractivity contribution is 5.59. The number of rotatable bonds is 6. The molecule has 1 aromatic heterocycles. The zero-order valence-electron chi connectivity index (χ0n) is 15.9. The molecule has 26 heavy (non-hydrogen) atoms. The second-order valence-corrected chi connectivity index (χ2v) is 7.14. The number of aromatic amines is 1. The number of aryl methyl sites for hydroxylation is 1. The molecule has 1 fully saturated rings. The predicted octanol–water partition coefficient (Wildman–Crippen LogP) is 2.69. The van der Waals surface area contributed by atoms with E-state index in [9.17, 15) is 4.79 Å². The molecule has 2 aromatic rings. The van der Waals surface area contributed by atoms with Crippen molar-refractivity contribution in [3.05, 3.63) is 46.4 Å². The number of hydrogen-bond donors (Lipinski definition) is 1. The van der Waals surface area contributed by atoms with Crippen LogP contribution in [0.25, 0.3) is 0 Å². The van der Waals surface area contributed by atoms with Crippen LogP contribution >= 0.6 is 0 Å². The van der Waals surface area contributed by atoms with Crippen LogP contribution in [0.5, 0.6) is 5.75 Å². The number of methoxy groups -OCH3 is 1. The maximum absolute atomic E-state index is 12.0. The lowest BCUT2D eigenvalue weighted by atomic mass is 10.1. The van der Waals surface area contributed by atoms with Gasteiger partial charge in [-0.05, 0) is 30.9 Å². The molecular weight excluding hydrogens is 328 g/mol. The van der Waals surface area contributed by atoms with E-state index >= 15 is 0 Å². The normalized spacial score (nSPS) is 14.8. The number of benzene rings is 1. The molecule has 3 rings (SSSR count). The summed E-state index contributed by atoms with van der Waals surface area (Å²) in [6.45, 7) is 7.72. The molecular formula is C20H28N4O2. The van der Waals surface area contributed by atoms with Gasteiger partial charge >= 0.3 is 0 Å². The van der Waals surface area contributed by atoms with Crippen molar-refractivity contribution in [2.24, 2.45) is 5.92 Å². The van der Waals surface area contributed by atoms with Crippen molar-refractivity contribution in [3.8, 4) is 5.75 Å². The molecule has 0 radical (unpaired) electrons. The van der Waals surface area contributed by atoms with Crippen LogP contribution < -0.4 is 20.1 Å². The zero-order valence-corrected chi connectivity index (χ0v) is 15.9. The highest BCUT2D eigenvalue weighted by Gasteiger charge is 2.21. The predicted molar refractivity (Wildman–Crippen MR) is 105 cm³/mol. The summed E-state index contributed by atoms with van der Waals surface area (Å²) in [6, 6.07) is 9.70. The average Bonchev–Trinajstić information content (AvgIpc) is 2.66. The van der Waals surface area contributed by atoms with E-state index in [0.717, 1.165) is 56.2 Å². The molecule has 0 spiro atoms. The van der Waals surface area contributed by atoms with Crippen LogP contribution in [0.2, 0.25) is 0 Å². The Morgan fingerprint density at radius 2 is 1.85 bits per heavy atom. The van der Waals surface area contributed by atoms with Crippen LogP contribution in [0.3, 0.4) is 0 Å². The first-order chi connectivity index (χ1) is 12.6. The number of nitrogens with one attached hydrogen (secondary N) is 1. The summed E-state index contributed by atoms with van der Waals surface area (Å²) < 4.78 is 5.47. The summed E-state index contributed by atoms with van der Waals surface area (Å²) >= 11 is 0. The standard InChI is InChI=1S/C20H28N4O2/c1-15(2)8-9-16-14-19(25)22-20(21-16)24-12-10-23(11-13-24)17-6-4-5-7-18(17)26-3/h4-7,14-15H,8-13H2,1-3H3,(H,21,22,25). The monoisotopic (exact) mass is 356 g/mol. The Bertz CT molecular complexity index is 779. The van der Waals surface area contributed by atoms with Gasteiger partial charge in [-0.1, -0.05) is 26.0 Å². The van der Waals surface area contributed by atoms with Gasteiger partial charge in [0.05, 0.1) is 12.8 Å². The van der Waals surface area contributed by atoms with Gasteiger partial charge < -0.3 is 14.5 Å². The van der Waals surface area contributed by atoms with Crippen molar-refractivity contribution < 1.29 is 4.74 Å². The van der Waals surface area contributed by atoms with Gasteiger partial charge in [-0.3, -0.25) is 9.78 Å². The Morgan fingerprint density at radius 3 is 2.54 bits per heavy atom. The molecule has 0 amide bonds. The molecule has 0 unspecified atom stereocenters. The third kappa shape index (κ3) is 4.36. The van der Waals surface area contributed by atoms with Gasteiger partial charge in [0.15, 0.2) is 0 Å². The molecule has 1 aromatic carbocycles. The van der Waals surface area contributed by atoms with E-state index in [1.807, 2.05) is 18.2 Å². The molecule has 1 aliphatic rings. The first kappa shape index (κ1) is 18.3. The van der Waals surface area contributed by atoms with E-state index in [4.69, 9.17) is 4.74 Å². The summed E-state index contributed by atoms with van der Waals surface area (Å²) in [7, 11) is 1.70. The number of aromatic nitrogens is 2. The number of piperazine rings is 1. The lowest BCUT2D eigenvalue weighted by molar-refractivity contribution is 0.413. The topological polar surface area (TPSA) is 61.5 Å². The van der Waals surface area contributed by atoms with Crippen LogP contribution in [-0.2, 0) is 6.42 Å². The van der Waals surface area contributed by atoms with Crippen LogP contribution in [-0.4, -0.2) is 43.3 Å². The number of hydrogen-bond acceptors (Lipinski definition) is 5. The van der Waals surface area contributed by atoms with Gasteiger partial charge in [0.2, 0.25) is 5.95 Å². The largest absolute Gasteiger partial charge is 0.495 e. The van der Waals surface area contributed by atoms with Crippen molar-refractivity contribution in [2.45, 2.75) is 26.7 Å². The van der Waals surface area contributed by atoms with E-state index in [1.165, 1.54) is 0 Å². The molecule has 6 heteroatoms. The molecule has 0 atom stereocenters. The van der Waals surface area contributed by atoms with Crippen LogP contribution in [0.4, 0.5) is 11.6 Å². The fourth-order valence-corrected chi connectivity index (χ4v) is 3.26. The van der Waals surface area contributed by atoms with Gasteiger partial charge in [0.25, 0.3) is 5.56 Å². The van der Waals surface area contributed by atoms with Gasteiger partial charge in [-0.15, -0.1) is 0 Å². The molecule has 1 N–H and O–H groups in total. The minimum atomic E-state index is -0.0686. The minimum absolute atomic E-state index is 0.0686. The maximum Gasteiger partial charge on any atom is 0.252 e. The second-order valence-electron chi connectivity index (χ2n) is 7.14. The van der Waals surface area contributed by atoms with E-state index in [0.29, 0.717) is 11.9 Å². The number of nitrogens with zero attached hydrogens (tertiary/aromatic N) is 3. The van der Waals surface area contributed by atoms with Crippen LogP contribution in [0.1, 0.15) is 26.0 Å². The highest BCUT2D eigenvalue weighted by atomic mass is 16.5. The van der Waals surface area contributed by atoms with Gasteiger partial charge in [-0.25, -0.2) is 4.98 Å². The Balaban J connectivity index is 1.69. The molecule has 0 saturated carbocycles. The summed E-state index contributed by atoms with van der Waals surface area (Å²) in [6.07, 6.45) is 1.88. The zero-order chi connectivity index (χ0) is 18.5. The molecule has 1 saturated heterocycles.